The zero-order valence-corrected chi connectivity index (χ0v) is 13.2. The van der Waals surface area contributed by atoms with Crippen LogP contribution in [0.15, 0.2) is 23.1 Å². The van der Waals surface area contributed by atoms with Gasteiger partial charge in [-0.15, -0.1) is 0 Å². The molecule has 112 valence electrons. The summed E-state index contributed by atoms with van der Waals surface area (Å²) in [5.41, 5.74) is 6.38. The van der Waals surface area contributed by atoms with Gasteiger partial charge in [-0.05, 0) is 48.4 Å². The summed E-state index contributed by atoms with van der Waals surface area (Å²) in [6.45, 7) is 2.87. The van der Waals surface area contributed by atoms with Gasteiger partial charge < -0.3 is 5.73 Å². The van der Waals surface area contributed by atoms with Crippen molar-refractivity contribution in [2.75, 3.05) is 6.54 Å². The number of sulfonamides is 1. The highest BCUT2D eigenvalue weighted by atomic mass is 35.5. The number of nitrogens with two attached hydrogens (primary N) is 1. The lowest BCUT2D eigenvalue weighted by Gasteiger charge is -2.15. The molecule has 1 saturated carbocycles. The van der Waals surface area contributed by atoms with Gasteiger partial charge in [0.15, 0.2) is 0 Å². The maximum absolute atomic E-state index is 12.3. The van der Waals surface area contributed by atoms with Crippen molar-refractivity contribution in [3.05, 3.63) is 28.8 Å². The van der Waals surface area contributed by atoms with Gasteiger partial charge in [0.25, 0.3) is 0 Å². The molecule has 20 heavy (non-hydrogen) atoms. The van der Waals surface area contributed by atoms with Crippen molar-refractivity contribution >= 4 is 21.6 Å². The van der Waals surface area contributed by atoms with Crippen LogP contribution in [0.25, 0.3) is 0 Å². The average Bonchev–Trinajstić information content (AvgIpc) is 3.18. The van der Waals surface area contributed by atoms with E-state index in [1.165, 1.54) is 6.07 Å². The second kappa shape index (κ2) is 6.02. The Balaban J connectivity index is 2.10. The summed E-state index contributed by atoms with van der Waals surface area (Å²) < 4.78 is 27.3. The highest BCUT2D eigenvalue weighted by molar-refractivity contribution is 7.89. The van der Waals surface area contributed by atoms with E-state index in [-0.39, 0.29) is 16.9 Å². The molecule has 0 bridgehead atoms. The first-order chi connectivity index (χ1) is 9.42. The summed E-state index contributed by atoms with van der Waals surface area (Å²) in [4.78, 5) is 0.231. The fraction of sp³-hybridized carbons (Fsp3) is 0.571. The van der Waals surface area contributed by atoms with Gasteiger partial charge in [0.2, 0.25) is 10.0 Å². The minimum atomic E-state index is -3.49. The molecule has 1 aliphatic rings. The molecule has 1 fully saturated rings. The van der Waals surface area contributed by atoms with Crippen molar-refractivity contribution in [1.82, 2.24) is 4.72 Å². The van der Waals surface area contributed by atoms with Crippen LogP contribution in [-0.4, -0.2) is 15.0 Å². The second-order valence-corrected chi connectivity index (χ2v) is 7.71. The van der Waals surface area contributed by atoms with E-state index in [2.05, 4.69) is 11.6 Å². The summed E-state index contributed by atoms with van der Waals surface area (Å²) in [5.74, 6) is 0. The van der Waals surface area contributed by atoms with Crippen molar-refractivity contribution in [1.29, 1.82) is 0 Å². The van der Waals surface area contributed by atoms with Crippen LogP contribution in [0, 0.1) is 5.41 Å². The molecule has 0 aliphatic heterocycles. The average molecular weight is 317 g/mol. The third-order valence-corrected chi connectivity index (χ3v) is 5.69. The first-order valence-electron chi connectivity index (χ1n) is 6.91. The van der Waals surface area contributed by atoms with Crippen LogP contribution in [0.2, 0.25) is 5.02 Å². The van der Waals surface area contributed by atoms with Gasteiger partial charge in [0.05, 0.1) is 4.90 Å². The molecule has 1 aromatic carbocycles. The molecule has 2 rings (SSSR count). The molecule has 4 nitrogen and oxygen atoms in total. The minimum Gasteiger partial charge on any atom is -0.326 e. The van der Waals surface area contributed by atoms with Crippen molar-refractivity contribution in [3.63, 3.8) is 0 Å². The molecule has 6 heteroatoms. The van der Waals surface area contributed by atoms with Crippen LogP contribution >= 0.6 is 11.6 Å². The fourth-order valence-corrected chi connectivity index (χ4v) is 3.83. The van der Waals surface area contributed by atoms with Crippen LogP contribution in [0.4, 0.5) is 0 Å². The number of halogens is 1. The van der Waals surface area contributed by atoms with E-state index in [1.807, 2.05) is 0 Å². The topological polar surface area (TPSA) is 72.2 Å². The lowest BCUT2D eigenvalue weighted by molar-refractivity contribution is 0.449. The summed E-state index contributed by atoms with van der Waals surface area (Å²) in [7, 11) is -3.49. The Labute approximate surface area is 125 Å². The van der Waals surface area contributed by atoms with Gasteiger partial charge in [0, 0.05) is 18.1 Å². The zero-order valence-electron chi connectivity index (χ0n) is 11.7. The van der Waals surface area contributed by atoms with Crippen molar-refractivity contribution < 1.29 is 8.42 Å². The van der Waals surface area contributed by atoms with E-state index in [9.17, 15) is 8.42 Å². The SMILES string of the molecule is CCCC1(CNS(=O)(=O)c2ccc(Cl)c(CN)c2)CC1. The van der Waals surface area contributed by atoms with Crippen LogP contribution in [-0.2, 0) is 16.6 Å². The third kappa shape index (κ3) is 3.52. The predicted molar refractivity (Wildman–Crippen MR) is 81.1 cm³/mol. The Morgan fingerprint density at radius 3 is 2.65 bits per heavy atom. The van der Waals surface area contributed by atoms with Crippen molar-refractivity contribution in [2.24, 2.45) is 11.1 Å². The monoisotopic (exact) mass is 316 g/mol. The normalized spacial score (nSPS) is 17.1. The molecule has 0 radical (unpaired) electrons. The van der Waals surface area contributed by atoms with Crippen LogP contribution in [0.3, 0.4) is 0 Å². The minimum absolute atomic E-state index is 0.185. The Hall–Kier alpha value is -0.620. The molecule has 0 heterocycles. The van der Waals surface area contributed by atoms with E-state index >= 15 is 0 Å². The van der Waals surface area contributed by atoms with E-state index < -0.39 is 10.0 Å². The lowest BCUT2D eigenvalue weighted by atomic mass is 10.0. The van der Waals surface area contributed by atoms with Crippen LogP contribution < -0.4 is 10.5 Å². The number of nitrogens with one attached hydrogen (secondary N) is 1. The molecule has 1 aliphatic carbocycles. The Morgan fingerprint density at radius 2 is 2.10 bits per heavy atom. The van der Waals surface area contributed by atoms with Crippen molar-refractivity contribution in [3.8, 4) is 0 Å². The smallest absolute Gasteiger partial charge is 0.240 e. The molecule has 0 aromatic heterocycles. The Kier molecular flexibility index (Phi) is 4.74. The summed E-state index contributed by atoms with van der Waals surface area (Å²) in [5, 5.41) is 0.496. The van der Waals surface area contributed by atoms with Crippen LogP contribution in [0.5, 0.6) is 0 Å². The number of rotatable bonds is 7. The molecule has 3 N–H and O–H groups in total. The zero-order chi connectivity index (χ0) is 14.8. The molecular weight excluding hydrogens is 296 g/mol. The first-order valence-corrected chi connectivity index (χ1v) is 8.77. The fourth-order valence-electron chi connectivity index (χ4n) is 2.43. The van der Waals surface area contributed by atoms with E-state index in [4.69, 9.17) is 17.3 Å². The summed E-state index contributed by atoms with van der Waals surface area (Å²) in [6.07, 6.45) is 4.38. The molecule has 0 atom stereocenters. The number of hydrogen-bond donors (Lipinski definition) is 2. The highest BCUT2D eigenvalue weighted by Gasteiger charge is 2.42. The Bertz CT molecular complexity index is 583. The van der Waals surface area contributed by atoms with E-state index in [1.54, 1.807) is 12.1 Å². The van der Waals surface area contributed by atoms with Gasteiger partial charge in [0.1, 0.15) is 0 Å². The van der Waals surface area contributed by atoms with E-state index in [0.717, 1.165) is 25.7 Å². The maximum Gasteiger partial charge on any atom is 0.240 e. The Morgan fingerprint density at radius 1 is 1.40 bits per heavy atom. The summed E-state index contributed by atoms with van der Waals surface area (Å²) >= 11 is 5.95. The van der Waals surface area contributed by atoms with E-state index in [0.29, 0.717) is 17.1 Å². The predicted octanol–water partition coefficient (Wildman–Crippen LogP) is 2.66. The molecule has 0 amide bonds. The molecule has 0 saturated heterocycles. The molecule has 1 aromatic rings. The molecule has 0 spiro atoms. The van der Waals surface area contributed by atoms with Gasteiger partial charge in [-0.1, -0.05) is 24.9 Å². The van der Waals surface area contributed by atoms with Gasteiger partial charge in [-0.25, -0.2) is 13.1 Å². The number of benzene rings is 1. The maximum atomic E-state index is 12.3. The first kappa shape index (κ1) is 15.8. The molecular formula is C14H21ClN2O2S. The van der Waals surface area contributed by atoms with Gasteiger partial charge in [-0.2, -0.15) is 0 Å². The van der Waals surface area contributed by atoms with Crippen LogP contribution in [0.1, 0.15) is 38.2 Å². The summed E-state index contributed by atoms with van der Waals surface area (Å²) in [6, 6.07) is 4.64. The third-order valence-electron chi connectivity index (χ3n) is 3.92. The molecule has 0 unspecified atom stereocenters. The lowest BCUT2D eigenvalue weighted by Crippen LogP contribution is -2.30. The largest absolute Gasteiger partial charge is 0.326 e. The quantitative estimate of drug-likeness (QED) is 0.812. The highest BCUT2D eigenvalue weighted by Crippen LogP contribution is 2.49. The number of hydrogen-bond acceptors (Lipinski definition) is 3. The van der Waals surface area contributed by atoms with Gasteiger partial charge >= 0.3 is 0 Å². The second-order valence-electron chi connectivity index (χ2n) is 5.53. The van der Waals surface area contributed by atoms with Gasteiger partial charge in [-0.3, -0.25) is 0 Å². The van der Waals surface area contributed by atoms with Crippen molar-refractivity contribution in [2.45, 2.75) is 44.0 Å². The standard InChI is InChI=1S/C14H21ClN2O2S/c1-2-5-14(6-7-14)10-17-20(18,19)12-3-4-13(15)11(8-12)9-16/h3-4,8,17H,2,5-7,9-10,16H2,1H3.